The molecule has 118 valence electrons. The average molecular weight is 376 g/mol. The van der Waals surface area contributed by atoms with E-state index in [-0.39, 0.29) is 12.4 Å². The first-order valence-corrected chi connectivity index (χ1v) is 7.83. The van der Waals surface area contributed by atoms with Gasteiger partial charge < -0.3 is 10.1 Å². The van der Waals surface area contributed by atoms with Crippen molar-refractivity contribution in [3.63, 3.8) is 0 Å². The van der Waals surface area contributed by atoms with Crippen molar-refractivity contribution in [1.82, 2.24) is 5.32 Å². The van der Waals surface area contributed by atoms with Gasteiger partial charge in [-0.1, -0.05) is 42.2 Å². The van der Waals surface area contributed by atoms with Crippen LogP contribution in [0.4, 0.5) is 9.18 Å². The first-order valence-electron chi connectivity index (χ1n) is 7.03. The Labute approximate surface area is 143 Å². The second-order valence-corrected chi connectivity index (χ2v) is 5.52. The summed E-state index contributed by atoms with van der Waals surface area (Å²) >= 11 is 3.25. The molecule has 0 aliphatic rings. The topological polar surface area (TPSA) is 38.3 Å². The molecule has 1 amide bonds. The molecule has 0 aliphatic carbocycles. The van der Waals surface area contributed by atoms with Crippen LogP contribution in [-0.4, -0.2) is 12.6 Å². The second-order valence-electron chi connectivity index (χ2n) is 4.66. The van der Waals surface area contributed by atoms with Crippen LogP contribution in [0.25, 0.3) is 0 Å². The fourth-order valence-corrected chi connectivity index (χ4v) is 2.20. The quantitative estimate of drug-likeness (QED) is 0.640. The SMILES string of the molecule is O=C(NCCC#Cc1ccc(F)cc1Br)OCc1ccccc1. The van der Waals surface area contributed by atoms with Crippen molar-refractivity contribution in [3.8, 4) is 11.8 Å². The molecule has 0 fully saturated rings. The second kappa shape index (κ2) is 8.96. The van der Waals surface area contributed by atoms with Gasteiger partial charge in [0.15, 0.2) is 0 Å². The van der Waals surface area contributed by atoms with Crippen LogP contribution in [0.3, 0.4) is 0 Å². The van der Waals surface area contributed by atoms with Crippen LogP contribution in [-0.2, 0) is 11.3 Å². The molecule has 0 aromatic heterocycles. The van der Waals surface area contributed by atoms with E-state index in [1.165, 1.54) is 12.1 Å². The van der Waals surface area contributed by atoms with E-state index in [4.69, 9.17) is 4.74 Å². The summed E-state index contributed by atoms with van der Waals surface area (Å²) in [6, 6.07) is 13.8. The van der Waals surface area contributed by atoms with Gasteiger partial charge in [-0.25, -0.2) is 9.18 Å². The molecule has 0 radical (unpaired) electrons. The zero-order chi connectivity index (χ0) is 16.5. The Morgan fingerprint density at radius 1 is 1.22 bits per heavy atom. The third-order valence-electron chi connectivity index (χ3n) is 2.89. The number of hydrogen-bond acceptors (Lipinski definition) is 2. The van der Waals surface area contributed by atoms with Gasteiger partial charge in [0.2, 0.25) is 0 Å². The zero-order valence-corrected chi connectivity index (χ0v) is 13.9. The van der Waals surface area contributed by atoms with E-state index in [1.807, 2.05) is 30.3 Å². The van der Waals surface area contributed by atoms with Crippen molar-refractivity contribution in [2.45, 2.75) is 13.0 Å². The van der Waals surface area contributed by atoms with Crippen LogP contribution in [0.15, 0.2) is 53.0 Å². The average Bonchev–Trinajstić information content (AvgIpc) is 2.55. The number of nitrogens with one attached hydrogen (secondary N) is 1. The van der Waals surface area contributed by atoms with Crippen LogP contribution in [0, 0.1) is 17.7 Å². The molecule has 2 rings (SSSR count). The number of halogens is 2. The lowest BCUT2D eigenvalue weighted by Gasteiger charge is -2.05. The molecular formula is C18H15BrFNO2. The van der Waals surface area contributed by atoms with Gasteiger partial charge in [0.25, 0.3) is 0 Å². The molecule has 2 aromatic carbocycles. The molecule has 0 saturated heterocycles. The lowest BCUT2D eigenvalue weighted by atomic mass is 10.2. The monoisotopic (exact) mass is 375 g/mol. The predicted molar refractivity (Wildman–Crippen MR) is 90.2 cm³/mol. The number of alkyl carbamates (subject to hydrolysis) is 1. The number of hydrogen-bond donors (Lipinski definition) is 1. The molecule has 2 aromatic rings. The van der Waals surface area contributed by atoms with Gasteiger partial charge in [-0.15, -0.1) is 0 Å². The molecule has 0 spiro atoms. The van der Waals surface area contributed by atoms with E-state index in [0.717, 1.165) is 5.56 Å². The molecule has 1 N–H and O–H groups in total. The van der Waals surface area contributed by atoms with Crippen molar-refractivity contribution < 1.29 is 13.9 Å². The van der Waals surface area contributed by atoms with Crippen molar-refractivity contribution in [2.75, 3.05) is 6.54 Å². The van der Waals surface area contributed by atoms with Gasteiger partial charge in [0.1, 0.15) is 12.4 Å². The van der Waals surface area contributed by atoms with E-state index >= 15 is 0 Å². The van der Waals surface area contributed by atoms with Gasteiger partial charge in [-0.3, -0.25) is 0 Å². The number of carbonyl (C=O) groups is 1. The highest BCUT2D eigenvalue weighted by Crippen LogP contribution is 2.16. The Bertz CT molecular complexity index is 723. The summed E-state index contributed by atoms with van der Waals surface area (Å²) < 4.78 is 18.6. The molecule has 0 heterocycles. The van der Waals surface area contributed by atoms with Gasteiger partial charge >= 0.3 is 6.09 Å². The third-order valence-corrected chi connectivity index (χ3v) is 3.54. The number of ether oxygens (including phenoxy) is 1. The van der Waals surface area contributed by atoms with Crippen molar-refractivity contribution >= 4 is 22.0 Å². The van der Waals surface area contributed by atoms with Crippen LogP contribution in [0.5, 0.6) is 0 Å². The fraction of sp³-hybridized carbons (Fsp3) is 0.167. The maximum atomic E-state index is 12.9. The van der Waals surface area contributed by atoms with Crippen molar-refractivity contribution in [3.05, 3.63) is 69.9 Å². The summed E-state index contributed by atoms with van der Waals surface area (Å²) in [6.45, 7) is 0.625. The maximum Gasteiger partial charge on any atom is 0.407 e. The molecule has 0 aliphatic heterocycles. The highest BCUT2D eigenvalue weighted by molar-refractivity contribution is 9.10. The molecule has 3 nitrogen and oxygen atoms in total. The van der Waals surface area contributed by atoms with Gasteiger partial charge in [0.05, 0.1) is 0 Å². The smallest absolute Gasteiger partial charge is 0.407 e. The normalized spacial score (nSPS) is 9.65. The van der Waals surface area contributed by atoms with Crippen molar-refractivity contribution in [2.24, 2.45) is 0 Å². The zero-order valence-electron chi connectivity index (χ0n) is 12.3. The largest absolute Gasteiger partial charge is 0.445 e. The Morgan fingerprint density at radius 2 is 2.00 bits per heavy atom. The van der Waals surface area contributed by atoms with E-state index in [2.05, 4.69) is 33.1 Å². The molecule has 5 heteroatoms. The van der Waals surface area contributed by atoms with Crippen LogP contribution >= 0.6 is 15.9 Å². The summed E-state index contributed by atoms with van der Waals surface area (Å²) in [7, 11) is 0. The standard InChI is InChI=1S/C18H15BrFNO2/c19-17-12-16(20)10-9-15(17)8-4-5-11-21-18(22)23-13-14-6-2-1-3-7-14/h1-3,6-7,9-10,12H,5,11,13H2,(H,21,22). The number of amides is 1. The molecule has 0 saturated carbocycles. The Hall–Kier alpha value is -2.32. The maximum absolute atomic E-state index is 12.9. The first-order chi connectivity index (χ1) is 11.1. The lowest BCUT2D eigenvalue weighted by Crippen LogP contribution is -2.24. The minimum absolute atomic E-state index is 0.237. The Morgan fingerprint density at radius 3 is 2.74 bits per heavy atom. The summed E-state index contributed by atoms with van der Waals surface area (Å²) in [4.78, 5) is 11.5. The molecule has 0 atom stereocenters. The number of rotatable bonds is 4. The van der Waals surface area contributed by atoms with Crippen molar-refractivity contribution in [1.29, 1.82) is 0 Å². The van der Waals surface area contributed by atoms with Gasteiger partial charge in [-0.05, 0) is 39.7 Å². The number of carbonyl (C=O) groups excluding carboxylic acids is 1. The summed E-state index contributed by atoms with van der Waals surface area (Å²) in [6.07, 6.45) is 0.00294. The van der Waals surface area contributed by atoms with Gasteiger partial charge in [-0.2, -0.15) is 0 Å². The highest BCUT2D eigenvalue weighted by atomic mass is 79.9. The molecular weight excluding hydrogens is 361 g/mol. The molecule has 0 bridgehead atoms. The first kappa shape index (κ1) is 17.0. The lowest BCUT2D eigenvalue weighted by molar-refractivity contribution is 0.140. The van der Waals surface area contributed by atoms with E-state index in [9.17, 15) is 9.18 Å². The fourth-order valence-electron chi connectivity index (χ4n) is 1.75. The summed E-state index contributed by atoms with van der Waals surface area (Å²) in [5, 5.41) is 2.63. The minimum atomic E-state index is -0.474. The Balaban J connectivity index is 1.69. The highest BCUT2D eigenvalue weighted by Gasteiger charge is 2.01. The predicted octanol–water partition coefficient (Wildman–Crippen LogP) is 4.26. The van der Waals surface area contributed by atoms with Crippen LogP contribution < -0.4 is 5.32 Å². The number of benzene rings is 2. The van der Waals surface area contributed by atoms with E-state index < -0.39 is 6.09 Å². The molecule has 23 heavy (non-hydrogen) atoms. The summed E-state index contributed by atoms with van der Waals surface area (Å²) in [5.41, 5.74) is 1.64. The summed E-state index contributed by atoms with van der Waals surface area (Å²) in [5.74, 6) is 5.52. The minimum Gasteiger partial charge on any atom is -0.445 e. The van der Waals surface area contributed by atoms with E-state index in [1.54, 1.807) is 6.07 Å². The van der Waals surface area contributed by atoms with Crippen LogP contribution in [0.2, 0.25) is 0 Å². The Kier molecular flexibility index (Phi) is 6.64. The van der Waals surface area contributed by atoms with Gasteiger partial charge in [0, 0.05) is 23.0 Å². The van der Waals surface area contributed by atoms with Crippen LogP contribution in [0.1, 0.15) is 17.5 Å². The van der Waals surface area contributed by atoms with E-state index in [0.29, 0.717) is 23.0 Å². The molecule has 0 unspecified atom stereocenters. The third kappa shape index (κ3) is 6.13.